The molecule has 1 heterocycles. The number of pyridine rings is 1. The lowest BCUT2D eigenvalue weighted by Gasteiger charge is -2.09. The highest BCUT2D eigenvalue weighted by Crippen LogP contribution is 2.32. The first-order valence-corrected chi connectivity index (χ1v) is 10.1. The van der Waals surface area contributed by atoms with E-state index in [1.54, 1.807) is 18.2 Å². The second kappa shape index (κ2) is 8.55. The molecule has 0 aliphatic carbocycles. The maximum absolute atomic E-state index is 11.4. The van der Waals surface area contributed by atoms with Gasteiger partial charge in [0.2, 0.25) is 0 Å². The van der Waals surface area contributed by atoms with Crippen molar-refractivity contribution in [1.29, 1.82) is 0 Å². The van der Waals surface area contributed by atoms with Crippen LogP contribution in [0.15, 0.2) is 88.7 Å². The average molecular weight is 422 g/mol. The van der Waals surface area contributed by atoms with E-state index in [0.717, 1.165) is 21.5 Å². The first-order valence-electron chi connectivity index (χ1n) is 8.87. The van der Waals surface area contributed by atoms with Crippen molar-refractivity contribution in [3.05, 3.63) is 95.1 Å². The molecule has 1 N–H and O–H groups in total. The van der Waals surface area contributed by atoms with Gasteiger partial charge in [0.15, 0.2) is 0 Å². The maximum atomic E-state index is 11.4. The SMILES string of the molecule is O=C(O)c1ccccc1Sc1cccc(OCc2ccc3cc(Cl)ccc3n2)c1. The number of halogens is 1. The van der Waals surface area contributed by atoms with Crippen molar-refractivity contribution in [3.63, 3.8) is 0 Å². The van der Waals surface area contributed by atoms with Crippen LogP contribution in [0.2, 0.25) is 5.02 Å². The molecule has 4 rings (SSSR count). The predicted octanol–water partition coefficient (Wildman–Crippen LogP) is 6.32. The number of hydrogen-bond acceptors (Lipinski definition) is 4. The van der Waals surface area contributed by atoms with Crippen LogP contribution in [0.4, 0.5) is 0 Å². The van der Waals surface area contributed by atoms with Gasteiger partial charge in [-0.15, -0.1) is 0 Å². The van der Waals surface area contributed by atoms with Gasteiger partial charge in [0.05, 0.1) is 16.8 Å². The summed E-state index contributed by atoms with van der Waals surface area (Å²) in [6.07, 6.45) is 0. The van der Waals surface area contributed by atoms with Crippen LogP contribution in [0.1, 0.15) is 16.1 Å². The summed E-state index contributed by atoms with van der Waals surface area (Å²) in [5, 5.41) is 11.0. The molecular formula is C23H16ClNO3S. The third-order valence-corrected chi connectivity index (χ3v) is 5.55. The summed E-state index contributed by atoms with van der Waals surface area (Å²) in [4.78, 5) is 17.6. The largest absolute Gasteiger partial charge is 0.487 e. The monoisotopic (exact) mass is 421 g/mol. The number of hydrogen-bond donors (Lipinski definition) is 1. The van der Waals surface area contributed by atoms with Crippen LogP contribution in [0.3, 0.4) is 0 Å². The molecule has 0 unspecified atom stereocenters. The smallest absolute Gasteiger partial charge is 0.336 e. The lowest BCUT2D eigenvalue weighted by Crippen LogP contribution is -1.99. The van der Waals surface area contributed by atoms with Gasteiger partial charge in [-0.3, -0.25) is 0 Å². The third-order valence-electron chi connectivity index (χ3n) is 4.25. The molecule has 6 heteroatoms. The highest BCUT2D eigenvalue weighted by atomic mass is 35.5. The molecule has 0 spiro atoms. The fourth-order valence-electron chi connectivity index (χ4n) is 2.86. The number of aromatic carboxylic acids is 1. The zero-order valence-corrected chi connectivity index (χ0v) is 16.8. The van der Waals surface area contributed by atoms with Crippen LogP contribution < -0.4 is 4.74 Å². The van der Waals surface area contributed by atoms with Crippen molar-refractivity contribution < 1.29 is 14.6 Å². The Morgan fingerprint density at radius 2 is 1.86 bits per heavy atom. The van der Waals surface area contributed by atoms with Crippen LogP contribution in [0.25, 0.3) is 10.9 Å². The summed E-state index contributed by atoms with van der Waals surface area (Å²) >= 11 is 7.41. The molecule has 4 aromatic rings. The Morgan fingerprint density at radius 1 is 1.00 bits per heavy atom. The van der Waals surface area contributed by atoms with E-state index in [4.69, 9.17) is 16.3 Å². The Hall–Kier alpha value is -3.02. The molecule has 0 amide bonds. The molecule has 144 valence electrons. The van der Waals surface area contributed by atoms with Crippen LogP contribution in [0, 0.1) is 0 Å². The van der Waals surface area contributed by atoms with E-state index in [-0.39, 0.29) is 5.56 Å². The van der Waals surface area contributed by atoms with Gasteiger partial charge in [-0.05, 0) is 54.6 Å². The molecule has 0 radical (unpaired) electrons. The Kier molecular flexibility index (Phi) is 5.69. The fraction of sp³-hybridized carbons (Fsp3) is 0.0435. The molecule has 3 aromatic carbocycles. The third kappa shape index (κ3) is 4.70. The fourth-order valence-corrected chi connectivity index (χ4v) is 4.03. The molecular weight excluding hydrogens is 406 g/mol. The number of rotatable bonds is 6. The van der Waals surface area contributed by atoms with Crippen LogP contribution >= 0.6 is 23.4 Å². The van der Waals surface area contributed by atoms with Gasteiger partial charge < -0.3 is 9.84 Å². The average Bonchev–Trinajstić information content (AvgIpc) is 2.73. The number of aromatic nitrogens is 1. The van der Waals surface area contributed by atoms with E-state index in [1.807, 2.05) is 60.7 Å². The minimum atomic E-state index is -0.941. The summed E-state index contributed by atoms with van der Waals surface area (Å²) in [6, 6.07) is 24.0. The standard InChI is InChI=1S/C23H16ClNO3S/c24-16-9-11-21-15(12-16)8-10-17(25-21)14-28-18-4-3-5-19(13-18)29-22-7-2-1-6-20(22)23(26)27/h1-13H,14H2,(H,26,27). The van der Waals surface area contributed by atoms with Crippen molar-refractivity contribution in [3.8, 4) is 5.75 Å². The number of carboxylic acids is 1. The lowest BCUT2D eigenvalue weighted by molar-refractivity contribution is 0.0693. The Bertz CT molecular complexity index is 1200. The van der Waals surface area contributed by atoms with Gasteiger partial charge in [-0.25, -0.2) is 9.78 Å². The van der Waals surface area contributed by atoms with E-state index >= 15 is 0 Å². The van der Waals surface area contributed by atoms with E-state index in [0.29, 0.717) is 22.3 Å². The molecule has 0 saturated heterocycles. The Labute approximate surface area is 177 Å². The quantitative estimate of drug-likeness (QED) is 0.395. The highest BCUT2D eigenvalue weighted by molar-refractivity contribution is 7.99. The topological polar surface area (TPSA) is 59.4 Å². The van der Waals surface area contributed by atoms with Gasteiger partial charge in [0.25, 0.3) is 0 Å². The zero-order valence-electron chi connectivity index (χ0n) is 15.2. The normalized spacial score (nSPS) is 10.8. The van der Waals surface area contributed by atoms with Gasteiger partial charge in [0.1, 0.15) is 12.4 Å². The van der Waals surface area contributed by atoms with Crippen LogP contribution in [0.5, 0.6) is 5.75 Å². The summed E-state index contributed by atoms with van der Waals surface area (Å²) in [5.74, 6) is -0.245. The number of nitrogens with zero attached hydrogens (tertiary/aromatic N) is 1. The second-order valence-corrected chi connectivity index (χ2v) is 7.86. The summed E-state index contributed by atoms with van der Waals surface area (Å²) in [5.41, 5.74) is 1.96. The molecule has 1 aromatic heterocycles. The summed E-state index contributed by atoms with van der Waals surface area (Å²) < 4.78 is 5.90. The Balaban J connectivity index is 1.48. The predicted molar refractivity (Wildman–Crippen MR) is 115 cm³/mol. The summed E-state index contributed by atoms with van der Waals surface area (Å²) in [7, 11) is 0. The number of benzene rings is 3. The number of carboxylic acid groups (broad SMARTS) is 1. The molecule has 29 heavy (non-hydrogen) atoms. The molecule has 0 aliphatic rings. The number of carbonyl (C=O) groups is 1. The number of fused-ring (bicyclic) bond motifs is 1. The van der Waals surface area contributed by atoms with Crippen molar-refractivity contribution in [2.24, 2.45) is 0 Å². The maximum Gasteiger partial charge on any atom is 0.336 e. The van der Waals surface area contributed by atoms with Crippen molar-refractivity contribution in [1.82, 2.24) is 4.98 Å². The zero-order chi connectivity index (χ0) is 20.2. The molecule has 4 nitrogen and oxygen atoms in total. The summed E-state index contributed by atoms with van der Waals surface area (Å²) in [6.45, 7) is 0.332. The first kappa shape index (κ1) is 19.3. The van der Waals surface area contributed by atoms with Crippen molar-refractivity contribution in [2.45, 2.75) is 16.4 Å². The van der Waals surface area contributed by atoms with Crippen LogP contribution in [-0.2, 0) is 6.61 Å². The van der Waals surface area contributed by atoms with E-state index < -0.39 is 5.97 Å². The van der Waals surface area contributed by atoms with E-state index in [9.17, 15) is 9.90 Å². The first-order chi connectivity index (χ1) is 14.1. The Morgan fingerprint density at radius 3 is 2.72 bits per heavy atom. The molecule has 0 bridgehead atoms. The minimum absolute atomic E-state index is 0.282. The van der Waals surface area contributed by atoms with Crippen molar-refractivity contribution in [2.75, 3.05) is 0 Å². The van der Waals surface area contributed by atoms with Crippen LogP contribution in [-0.4, -0.2) is 16.1 Å². The van der Waals surface area contributed by atoms with Gasteiger partial charge in [0, 0.05) is 20.2 Å². The van der Waals surface area contributed by atoms with Gasteiger partial charge in [-0.2, -0.15) is 0 Å². The van der Waals surface area contributed by atoms with Crippen molar-refractivity contribution >= 4 is 40.2 Å². The molecule has 0 saturated carbocycles. The molecule has 0 atom stereocenters. The molecule has 0 aliphatic heterocycles. The highest BCUT2D eigenvalue weighted by Gasteiger charge is 2.10. The van der Waals surface area contributed by atoms with Gasteiger partial charge >= 0.3 is 5.97 Å². The minimum Gasteiger partial charge on any atom is -0.487 e. The second-order valence-electron chi connectivity index (χ2n) is 6.31. The number of ether oxygens (including phenoxy) is 1. The van der Waals surface area contributed by atoms with E-state index in [1.165, 1.54) is 11.8 Å². The van der Waals surface area contributed by atoms with Gasteiger partial charge in [-0.1, -0.05) is 47.6 Å². The molecule has 0 fully saturated rings. The van der Waals surface area contributed by atoms with E-state index in [2.05, 4.69) is 4.98 Å². The lowest BCUT2D eigenvalue weighted by atomic mass is 10.2.